The number of likely N-dealkylation sites (tertiary alicyclic amines) is 1. The summed E-state index contributed by atoms with van der Waals surface area (Å²) in [5, 5.41) is 0. The van der Waals surface area contributed by atoms with Gasteiger partial charge in [-0.15, -0.1) is 0 Å². The molecule has 4 nitrogen and oxygen atoms in total. The highest BCUT2D eigenvalue weighted by molar-refractivity contribution is 6.30. The second kappa shape index (κ2) is 6.64. The monoisotopic (exact) mass is 292 g/mol. The molecule has 5 heteroatoms. The van der Waals surface area contributed by atoms with Gasteiger partial charge in [-0.2, -0.15) is 0 Å². The van der Waals surface area contributed by atoms with Gasteiger partial charge in [0, 0.05) is 25.2 Å². The Morgan fingerprint density at radius 1 is 1.27 bits per heavy atom. The molecule has 0 spiro atoms. The van der Waals surface area contributed by atoms with Gasteiger partial charge < -0.3 is 9.64 Å². The third-order valence-electron chi connectivity index (χ3n) is 3.93. The number of hydrogen-bond donors (Lipinski definition) is 0. The Kier molecular flexibility index (Phi) is 4.42. The molecule has 0 saturated carbocycles. The molecule has 1 saturated heterocycles. The van der Waals surface area contributed by atoms with Crippen LogP contribution in [0.25, 0.3) is 0 Å². The summed E-state index contributed by atoms with van der Waals surface area (Å²) in [5.74, 6) is 0.303. The fourth-order valence-electron chi connectivity index (χ4n) is 2.67. The third kappa shape index (κ3) is 3.48. The number of aromatic nitrogens is 1. The topological polar surface area (TPSA) is 42.4 Å². The van der Waals surface area contributed by atoms with E-state index in [4.69, 9.17) is 12.6 Å². The van der Waals surface area contributed by atoms with Crippen molar-refractivity contribution in [2.24, 2.45) is 0 Å². The van der Waals surface area contributed by atoms with Crippen molar-refractivity contribution in [3.8, 4) is 0 Å². The van der Waals surface area contributed by atoms with Crippen LogP contribution in [0.3, 0.4) is 0 Å². The van der Waals surface area contributed by atoms with E-state index in [0.717, 1.165) is 17.5 Å². The average molecular weight is 292 g/mol. The largest absolute Gasteiger partial charge is 0.445 e. The van der Waals surface area contributed by atoms with Gasteiger partial charge in [0.1, 0.15) is 14.5 Å². The van der Waals surface area contributed by atoms with Crippen molar-refractivity contribution in [3.05, 3.63) is 59.8 Å². The third-order valence-corrected chi connectivity index (χ3v) is 3.93. The molecule has 22 heavy (non-hydrogen) atoms. The minimum Gasteiger partial charge on any atom is -0.445 e. The maximum atomic E-state index is 12.1. The summed E-state index contributed by atoms with van der Waals surface area (Å²) in [6.07, 6.45) is 2.46. The molecule has 1 aromatic heterocycles. The van der Waals surface area contributed by atoms with Crippen LogP contribution in [0.5, 0.6) is 0 Å². The van der Waals surface area contributed by atoms with Gasteiger partial charge in [0.2, 0.25) is 0 Å². The fraction of sp³-hybridized carbons (Fsp3) is 0.294. The Morgan fingerprint density at radius 3 is 2.82 bits per heavy atom. The SMILES string of the molecule is [B]c1ccc(C2CCN(C(=O)OCc3ccccc3)C2)cn1. The van der Waals surface area contributed by atoms with Crippen molar-refractivity contribution in [1.29, 1.82) is 0 Å². The van der Waals surface area contributed by atoms with Crippen LogP contribution in [0.15, 0.2) is 48.7 Å². The molecule has 0 bridgehead atoms. The standard InChI is InChI=1S/C17H17BN2O2/c18-16-7-6-14(10-19-16)15-8-9-20(11-15)17(21)22-12-13-4-2-1-3-5-13/h1-7,10,15H,8-9,11-12H2. The predicted molar refractivity (Wildman–Crippen MR) is 85.2 cm³/mol. The van der Waals surface area contributed by atoms with E-state index in [1.54, 1.807) is 17.2 Å². The molecule has 1 aliphatic rings. The van der Waals surface area contributed by atoms with Crippen LogP contribution in [0.1, 0.15) is 23.5 Å². The van der Waals surface area contributed by atoms with E-state index in [2.05, 4.69) is 4.98 Å². The van der Waals surface area contributed by atoms with Gasteiger partial charge in [-0.05, 0) is 23.1 Å². The molecular formula is C17H17BN2O2. The van der Waals surface area contributed by atoms with Gasteiger partial charge in [-0.25, -0.2) is 4.79 Å². The number of benzene rings is 1. The average Bonchev–Trinajstić information content (AvgIpc) is 3.04. The molecule has 0 N–H and O–H groups in total. The lowest BCUT2D eigenvalue weighted by Gasteiger charge is -2.16. The van der Waals surface area contributed by atoms with E-state index in [9.17, 15) is 4.79 Å². The Morgan fingerprint density at radius 2 is 2.09 bits per heavy atom. The highest BCUT2D eigenvalue weighted by Gasteiger charge is 2.28. The molecule has 110 valence electrons. The second-order valence-electron chi connectivity index (χ2n) is 5.49. The number of hydrogen-bond acceptors (Lipinski definition) is 3. The number of carbonyl (C=O) groups excluding carboxylic acids is 1. The van der Waals surface area contributed by atoms with Crippen molar-refractivity contribution in [2.75, 3.05) is 13.1 Å². The quantitative estimate of drug-likeness (QED) is 0.813. The van der Waals surface area contributed by atoms with Gasteiger partial charge in [0.25, 0.3) is 0 Å². The van der Waals surface area contributed by atoms with Gasteiger partial charge in [-0.3, -0.25) is 4.98 Å². The Balaban J connectivity index is 1.53. The van der Waals surface area contributed by atoms with Crippen molar-refractivity contribution in [3.63, 3.8) is 0 Å². The van der Waals surface area contributed by atoms with Crippen LogP contribution in [-0.4, -0.2) is 36.9 Å². The van der Waals surface area contributed by atoms with Gasteiger partial charge in [0.05, 0.1) is 0 Å². The van der Waals surface area contributed by atoms with Crippen LogP contribution in [0.4, 0.5) is 4.79 Å². The predicted octanol–water partition coefficient (Wildman–Crippen LogP) is 2.00. The first-order chi connectivity index (χ1) is 10.7. The maximum absolute atomic E-state index is 12.1. The van der Waals surface area contributed by atoms with E-state index < -0.39 is 0 Å². The molecule has 1 aliphatic heterocycles. The number of amides is 1. The zero-order valence-electron chi connectivity index (χ0n) is 12.3. The highest BCUT2D eigenvalue weighted by atomic mass is 16.6. The van der Waals surface area contributed by atoms with E-state index in [1.807, 2.05) is 36.4 Å². The van der Waals surface area contributed by atoms with Crippen LogP contribution in [0, 0.1) is 0 Å². The van der Waals surface area contributed by atoms with Crippen molar-refractivity contribution < 1.29 is 9.53 Å². The first-order valence-corrected chi connectivity index (χ1v) is 7.39. The first kappa shape index (κ1) is 14.6. The maximum Gasteiger partial charge on any atom is 0.410 e. The fourth-order valence-corrected chi connectivity index (χ4v) is 2.67. The first-order valence-electron chi connectivity index (χ1n) is 7.39. The van der Waals surface area contributed by atoms with Crippen molar-refractivity contribution in [2.45, 2.75) is 18.9 Å². The van der Waals surface area contributed by atoms with Gasteiger partial charge in [0.15, 0.2) is 0 Å². The summed E-state index contributed by atoms with van der Waals surface area (Å²) in [6, 6.07) is 13.5. The van der Waals surface area contributed by atoms with E-state index in [-0.39, 0.29) is 6.09 Å². The molecule has 2 aromatic rings. The molecule has 0 aliphatic carbocycles. The van der Waals surface area contributed by atoms with E-state index >= 15 is 0 Å². The molecule has 3 rings (SSSR count). The summed E-state index contributed by atoms with van der Waals surface area (Å²) in [5.41, 5.74) is 2.63. The second-order valence-corrected chi connectivity index (χ2v) is 5.49. The van der Waals surface area contributed by atoms with Crippen LogP contribution < -0.4 is 5.59 Å². The van der Waals surface area contributed by atoms with E-state index in [1.165, 1.54) is 0 Å². The van der Waals surface area contributed by atoms with Gasteiger partial charge in [-0.1, -0.05) is 42.5 Å². The molecule has 1 aromatic carbocycles. The molecule has 1 fully saturated rings. The minimum atomic E-state index is -0.255. The molecule has 1 atom stereocenters. The highest BCUT2D eigenvalue weighted by Crippen LogP contribution is 2.26. The lowest BCUT2D eigenvalue weighted by atomic mass is 9.97. The normalized spacial score (nSPS) is 17.5. The molecular weight excluding hydrogens is 275 g/mol. The van der Waals surface area contributed by atoms with Crippen molar-refractivity contribution in [1.82, 2.24) is 9.88 Å². The summed E-state index contributed by atoms with van der Waals surface area (Å²) in [7, 11) is 5.60. The number of rotatable bonds is 3. The number of carbonyl (C=O) groups is 1. The summed E-state index contributed by atoms with van der Waals surface area (Å²) in [4.78, 5) is 18.0. The zero-order valence-corrected chi connectivity index (χ0v) is 12.3. The summed E-state index contributed by atoms with van der Waals surface area (Å²) < 4.78 is 5.37. The summed E-state index contributed by atoms with van der Waals surface area (Å²) >= 11 is 0. The van der Waals surface area contributed by atoms with Crippen LogP contribution >= 0.6 is 0 Å². The molecule has 2 heterocycles. The Hall–Kier alpha value is -2.30. The van der Waals surface area contributed by atoms with Crippen LogP contribution in [0.2, 0.25) is 0 Å². The Labute approximate surface area is 131 Å². The number of pyridine rings is 1. The lowest BCUT2D eigenvalue weighted by molar-refractivity contribution is 0.104. The molecule has 1 amide bonds. The van der Waals surface area contributed by atoms with Gasteiger partial charge >= 0.3 is 6.09 Å². The lowest BCUT2D eigenvalue weighted by Crippen LogP contribution is -2.29. The number of nitrogens with zero attached hydrogens (tertiary/aromatic N) is 2. The zero-order chi connectivity index (χ0) is 15.4. The van der Waals surface area contributed by atoms with Crippen LogP contribution in [-0.2, 0) is 11.3 Å². The molecule has 1 unspecified atom stereocenters. The smallest absolute Gasteiger partial charge is 0.410 e. The number of ether oxygens (including phenoxy) is 1. The minimum absolute atomic E-state index is 0.255. The summed E-state index contributed by atoms with van der Waals surface area (Å²) in [6.45, 7) is 1.69. The van der Waals surface area contributed by atoms with Crippen molar-refractivity contribution >= 4 is 19.5 Å². The van der Waals surface area contributed by atoms with E-state index in [0.29, 0.717) is 31.2 Å². The molecule has 2 radical (unpaired) electrons. The Bertz CT molecular complexity index is 631.